The van der Waals surface area contributed by atoms with Gasteiger partial charge in [-0.2, -0.15) is 0 Å². The molecule has 1 aliphatic rings. The maximum absolute atomic E-state index is 5.32. The summed E-state index contributed by atoms with van der Waals surface area (Å²) in [7, 11) is 1.72. The van der Waals surface area contributed by atoms with Gasteiger partial charge in [0.05, 0.1) is 11.6 Å². The minimum Gasteiger partial charge on any atom is -0.496 e. The minimum atomic E-state index is 0.447. The first-order valence-electron chi connectivity index (χ1n) is 7.72. The maximum Gasteiger partial charge on any atom is 0.133 e. The second-order valence-electron chi connectivity index (χ2n) is 5.99. The smallest absolute Gasteiger partial charge is 0.133 e. The Hall–Kier alpha value is -0.540. The van der Waals surface area contributed by atoms with Gasteiger partial charge in [0.2, 0.25) is 0 Å². The van der Waals surface area contributed by atoms with Crippen molar-refractivity contribution in [2.45, 2.75) is 45.4 Å². The van der Waals surface area contributed by atoms with E-state index in [9.17, 15) is 0 Å². The van der Waals surface area contributed by atoms with Crippen LogP contribution in [0.5, 0.6) is 5.75 Å². The molecular formula is C17H26BrNO. The van der Waals surface area contributed by atoms with Crippen LogP contribution in [-0.2, 0) is 6.42 Å². The third-order valence-electron chi connectivity index (χ3n) is 4.46. The number of methoxy groups -OCH3 is 1. The molecule has 1 N–H and O–H groups in total. The molecule has 0 radical (unpaired) electrons. The maximum atomic E-state index is 5.32. The van der Waals surface area contributed by atoms with E-state index >= 15 is 0 Å². The summed E-state index contributed by atoms with van der Waals surface area (Å²) >= 11 is 3.60. The van der Waals surface area contributed by atoms with E-state index in [2.05, 4.69) is 46.4 Å². The second kappa shape index (κ2) is 7.46. The molecule has 1 fully saturated rings. The summed E-state index contributed by atoms with van der Waals surface area (Å²) in [5.41, 5.74) is 1.86. The zero-order valence-corrected chi connectivity index (χ0v) is 14.3. The van der Waals surface area contributed by atoms with Gasteiger partial charge in [-0.25, -0.2) is 0 Å². The summed E-state index contributed by atoms with van der Waals surface area (Å²) in [6.45, 7) is 4.40. The van der Waals surface area contributed by atoms with Gasteiger partial charge in [0.15, 0.2) is 0 Å². The molecule has 1 aliphatic carbocycles. The molecule has 0 unspecified atom stereocenters. The SMILES string of the molecule is CCNCC1(Cc2ccc(OC)c(Br)c2)CCCCC1. The van der Waals surface area contributed by atoms with Crippen LogP contribution in [-0.4, -0.2) is 20.2 Å². The largest absolute Gasteiger partial charge is 0.496 e. The number of hydrogen-bond acceptors (Lipinski definition) is 2. The standard InChI is InChI=1S/C17H26BrNO/c1-3-19-13-17(9-5-4-6-10-17)12-14-7-8-16(20-2)15(18)11-14/h7-8,11,19H,3-6,9-10,12-13H2,1-2H3. The summed E-state index contributed by atoms with van der Waals surface area (Å²) in [5, 5.41) is 3.58. The molecule has 0 atom stereocenters. The van der Waals surface area contributed by atoms with Crippen molar-refractivity contribution in [3.8, 4) is 5.75 Å². The van der Waals surface area contributed by atoms with E-state index in [1.165, 1.54) is 44.1 Å². The molecule has 0 amide bonds. The lowest BCUT2D eigenvalue weighted by Crippen LogP contribution is -2.37. The van der Waals surface area contributed by atoms with E-state index < -0.39 is 0 Å². The van der Waals surface area contributed by atoms with Crippen molar-refractivity contribution in [2.24, 2.45) is 5.41 Å². The molecule has 112 valence electrons. The van der Waals surface area contributed by atoms with Crippen molar-refractivity contribution in [3.05, 3.63) is 28.2 Å². The molecule has 0 saturated heterocycles. The van der Waals surface area contributed by atoms with Crippen LogP contribution in [0.1, 0.15) is 44.6 Å². The first-order valence-corrected chi connectivity index (χ1v) is 8.51. The average molecular weight is 340 g/mol. The number of hydrogen-bond donors (Lipinski definition) is 1. The fourth-order valence-electron chi connectivity index (χ4n) is 3.36. The first-order chi connectivity index (χ1) is 9.69. The Labute approximate surface area is 131 Å². The zero-order chi connectivity index (χ0) is 14.4. The van der Waals surface area contributed by atoms with Crippen molar-refractivity contribution >= 4 is 15.9 Å². The van der Waals surface area contributed by atoms with Gasteiger partial charge < -0.3 is 10.1 Å². The number of ether oxygens (including phenoxy) is 1. The minimum absolute atomic E-state index is 0.447. The van der Waals surface area contributed by atoms with Crippen LogP contribution >= 0.6 is 15.9 Å². The van der Waals surface area contributed by atoms with Crippen LogP contribution < -0.4 is 10.1 Å². The molecule has 2 nitrogen and oxygen atoms in total. The van der Waals surface area contributed by atoms with E-state index in [0.29, 0.717) is 5.41 Å². The summed E-state index contributed by atoms with van der Waals surface area (Å²) in [6.07, 6.45) is 8.03. The van der Waals surface area contributed by atoms with Crippen molar-refractivity contribution < 1.29 is 4.74 Å². The Balaban J connectivity index is 2.12. The van der Waals surface area contributed by atoms with Gasteiger partial charge in [-0.3, -0.25) is 0 Å². The van der Waals surface area contributed by atoms with Crippen LogP contribution in [0.2, 0.25) is 0 Å². The molecule has 2 rings (SSSR count). The molecule has 0 bridgehead atoms. The molecule has 1 aromatic carbocycles. The first kappa shape index (κ1) is 15.8. The van der Waals surface area contributed by atoms with Gasteiger partial charge in [-0.05, 0) is 64.8 Å². The van der Waals surface area contributed by atoms with E-state index in [1.807, 2.05) is 0 Å². The molecule has 0 spiro atoms. The van der Waals surface area contributed by atoms with Crippen LogP contribution in [0.15, 0.2) is 22.7 Å². The predicted octanol–water partition coefficient (Wildman–Crippen LogP) is 4.56. The highest BCUT2D eigenvalue weighted by molar-refractivity contribution is 9.10. The Morgan fingerprint density at radius 3 is 2.60 bits per heavy atom. The van der Waals surface area contributed by atoms with Gasteiger partial charge in [0.25, 0.3) is 0 Å². The number of benzene rings is 1. The van der Waals surface area contributed by atoms with Crippen LogP contribution in [0.25, 0.3) is 0 Å². The van der Waals surface area contributed by atoms with Gasteiger partial charge in [0, 0.05) is 6.54 Å². The third-order valence-corrected chi connectivity index (χ3v) is 5.08. The van der Waals surface area contributed by atoms with Crippen LogP contribution in [0, 0.1) is 5.41 Å². The van der Waals surface area contributed by atoms with Crippen molar-refractivity contribution in [2.75, 3.05) is 20.2 Å². The fourth-order valence-corrected chi connectivity index (χ4v) is 3.95. The second-order valence-corrected chi connectivity index (χ2v) is 6.84. The molecule has 0 heterocycles. The zero-order valence-electron chi connectivity index (χ0n) is 12.7. The van der Waals surface area contributed by atoms with E-state index in [-0.39, 0.29) is 0 Å². The molecule has 3 heteroatoms. The predicted molar refractivity (Wildman–Crippen MR) is 88.5 cm³/mol. The molecule has 0 aromatic heterocycles. The molecule has 1 aromatic rings. The Morgan fingerprint density at radius 1 is 1.25 bits per heavy atom. The highest BCUT2D eigenvalue weighted by atomic mass is 79.9. The summed E-state index contributed by atoms with van der Waals surface area (Å²) in [5.74, 6) is 0.915. The average Bonchev–Trinajstić information content (AvgIpc) is 2.46. The fraction of sp³-hybridized carbons (Fsp3) is 0.647. The lowest BCUT2D eigenvalue weighted by molar-refractivity contribution is 0.182. The lowest BCUT2D eigenvalue weighted by atomic mass is 9.70. The summed E-state index contributed by atoms with van der Waals surface area (Å²) in [4.78, 5) is 0. The Bertz CT molecular complexity index is 427. The van der Waals surface area contributed by atoms with Crippen molar-refractivity contribution in [1.82, 2.24) is 5.32 Å². The topological polar surface area (TPSA) is 21.3 Å². The lowest BCUT2D eigenvalue weighted by Gasteiger charge is -2.38. The van der Waals surface area contributed by atoms with Crippen molar-refractivity contribution in [3.63, 3.8) is 0 Å². The summed E-state index contributed by atoms with van der Waals surface area (Å²) in [6, 6.07) is 6.51. The highest BCUT2D eigenvalue weighted by Gasteiger charge is 2.31. The van der Waals surface area contributed by atoms with Crippen LogP contribution in [0.4, 0.5) is 0 Å². The quantitative estimate of drug-likeness (QED) is 0.820. The highest BCUT2D eigenvalue weighted by Crippen LogP contribution is 2.39. The monoisotopic (exact) mass is 339 g/mol. The molecule has 1 saturated carbocycles. The molecule has 0 aliphatic heterocycles. The molecular weight excluding hydrogens is 314 g/mol. The molecule has 20 heavy (non-hydrogen) atoms. The normalized spacial score (nSPS) is 17.9. The van der Waals surface area contributed by atoms with Gasteiger partial charge in [-0.1, -0.05) is 32.3 Å². The Kier molecular flexibility index (Phi) is 5.91. The van der Waals surface area contributed by atoms with Gasteiger partial charge >= 0.3 is 0 Å². The van der Waals surface area contributed by atoms with Crippen molar-refractivity contribution in [1.29, 1.82) is 0 Å². The Morgan fingerprint density at radius 2 is 2.00 bits per heavy atom. The van der Waals surface area contributed by atoms with Crippen LogP contribution in [0.3, 0.4) is 0 Å². The number of halogens is 1. The van der Waals surface area contributed by atoms with E-state index in [0.717, 1.165) is 23.3 Å². The van der Waals surface area contributed by atoms with Gasteiger partial charge in [0.1, 0.15) is 5.75 Å². The summed E-state index contributed by atoms with van der Waals surface area (Å²) < 4.78 is 6.38. The van der Waals surface area contributed by atoms with E-state index in [4.69, 9.17) is 4.74 Å². The van der Waals surface area contributed by atoms with E-state index in [1.54, 1.807) is 7.11 Å². The number of rotatable bonds is 6. The third kappa shape index (κ3) is 3.98. The van der Waals surface area contributed by atoms with Gasteiger partial charge in [-0.15, -0.1) is 0 Å². The number of nitrogens with one attached hydrogen (secondary N) is 1.